The van der Waals surface area contributed by atoms with E-state index in [1.807, 2.05) is 0 Å². The standard InChI is InChI=1S/C12H23NO2/c1-4-9-6-5-7-10(8-9)13-11(14)12(2,3)15/h9-10,15H,4-8H2,1-3H3,(H,13,14). The van der Waals surface area contributed by atoms with Crippen molar-refractivity contribution in [2.45, 2.75) is 64.5 Å². The van der Waals surface area contributed by atoms with E-state index < -0.39 is 5.60 Å². The van der Waals surface area contributed by atoms with Crippen LogP contribution in [0, 0.1) is 5.92 Å². The molecule has 1 saturated carbocycles. The van der Waals surface area contributed by atoms with Crippen molar-refractivity contribution in [2.24, 2.45) is 5.92 Å². The van der Waals surface area contributed by atoms with Crippen LogP contribution in [0.1, 0.15) is 52.9 Å². The van der Waals surface area contributed by atoms with Crippen LogP contribution in [-0.4, -0.2) is 22.7 Å². The largest absolute Gasteiger partial charge is 0.381 e. The second-order valence-electron chi connectivity index (χ2n) is 5.17. The van der Waals surface area contributed by atoms with Gasteiger partial charge in [-0.1, -0.05) is 26.2 Å². The van der Waals surface area contributed by atoms with Gasteiger partial charge in [0.2, 0.25) is 0 Å². The van der Waals surface area contributed by atoms with Gasteiger partial charge >= 0.3 is 0 Å². The number of rotatable bonds is 3. The van der Waals surface area contributed by atoms with E-state index in [1.165, 1.54) is 33.1 Å². The van der Waals surface area contributed by atoms with E-state index in [0.717, 1.165) is 18.8 Å². The van der Waals surface area contributed by atoms with Crippen molar-refractivity contribution >= 4 is 5.91 Å². The summed E-state index contributed by atoms with van der Waals surface area (Å²) in [5.41, 5.74) is -1.25. The summed E-state index contributed by atoms with van der Waals surface area (Å²) < 4.78 is 0. The number of carbonyl (C=O) groups excluding carboxylic acids is 1. The Morgan fingerprint density at radius 1 is 1.47 bits per heavy atom. The average Bonchev–Trinajstić information content (AvgIpc) is 2.16. The maximum absolute atomic E-state index is 11.6. The quantitative estimate of drug-likeness (QED) is 0.751. The molecule has 1 aliphatic rings. The van der Waals surface area contributed by atoms with E-state index in [-0.39, 0.29) is 11.9 Å². The number of aliphatic hydroxyl groups is 1. The van der Waals surface area contributed by atoms with Crippen molar-refractivity contribution < 1.29 is 9.90 Å². The second-order valence-corrected chi connectivity index (χ2v) is 5.17. The molecule has 0 radical (unpaired) electrons. The summed E-state index contributed by atoms with van der Waals surface area (Å²) in [6.45, 7) is 5.26. The summed E-state index contributed by atoms with van der Waals surface area (Å²) in [7, 11) is 0. The zero-order chi connectivity index (χ0) is 11.5. The molecule has 0 aromatic rings. The highest BCUT2D eigenvalue weighted by Crippen LogP contribution is 2.26. The number of nitrogens with one attached hydrogen (secondary N) is 1. The molecular formula is C12H23NO2. The number of hydrogen-bond acceptors (Lipinski definition) is 2. The molecular weight excluding hydrogens is 190 g/mol. The Labute approximate surface area is 92.3 Å². The number of amides is 1. The molecule has 0 aromatic carbocycles. The predicted octanol–water partition coefficient (Wildman–Crippen LogP) is 1.84. The fourth-order valence-corrected chi connectivity index (χ4v) is 2.15. The molecule has 1 fully saturated rings. The maximum Gasteiger partial charge on any atom is 0.251 e. The van der Waals surface area contributed by atoms with Crippen LogP contribution in [0.25, 0.3) is 0 Å². The van der Waals surface area contributed by atoms with Gasteiger partial charge in [-0.05, 0) is 32.6 Å². The first kappa shape index (κ1) is 12.5. The SMILES string of the molecule is CCC1CCCC(NC(=O)C(C)(C)O)C1. The van der Waals surface area contributed by atoms with Gasteiger partial charge in [0, 0.05) is 6.04 Å². The molecule has 0 saturated heterocycles. The van der Waals surface area contributed by atoms with Gasteiger partial charge in [-0.15, -0.1) is 0 Å². The Balaban J connectivity index is 2.41. The van der Waals surface area contributed by atoms with E-state index in [0.29, 0.717) is 0 Å². The second kappa shape index (κ2) is 4.97. The fraction of sp³-hybridized carbons (Fsp3) is 0.917. The van der Waals surface area contributed by atoms with Gasteiger partial charge in [-0.3, -0.25) is 4.79 Å². The summed E-state index contributed by atoms with van der Waals surface area (Å²) in [4.78, 5) is 11.6. The minimum Gasteiger partial charge on any atom is -0.381 e. The molecule has 88 valence electrons. The van der Waals surface area contributed by atoms with Crippen LogP contribution in [0.15, 0.2) is 0 Å². The van der Waals surface area contributed by atoms with Crippen LogP contribution >= 0.6 is 0 Å². The smallest absolute Gasteiger partial charge is 0.251 e. The van der Waals surface area contributed by atoms with Crippen molar-refractivity contribution in [3.63, 3.8) is 0 Å². The molecule has 3 heteroatoms. The van der Waals surface area contributed by atoms with Gasteiger partial charge in [0.1, 0.15) is 5.60 Å². The zero-order valence-electron chi connectivity index (χ0n) is 10.0. The number of carbonyl (C=O) groups is 1. The molecule has 0 spiro atoms. The molecule has 2 N–H and O–H groups in total. The molecule has 3 nitrogen and oxygen atoms in total. The maximum atomic E-state index is 11.6. The summed E-state index contributed by atoms with van der Waals surface area (Å²) >= 11 is 0. The molecule has 0 bridgehead atoms. The lowest BCUT2D eigenvalue weighted by molar-refractivity contribution is -0.137. The lowest BCUT2D eigenvalue weighted by atomic mass is 9.84. The van der Waals surface area contributed by atoms with E-state index in [4.69, 9.17) is 0 Å². The summed E-state index contributed by atoms with van der Waals surface area (Å²) in [6, 6.07) is 0.266. The van der Waals surface area contributed by atoms with Gasteiger partial charge in [-0.25, -0.2) is 0 Å². The van der Waals surface area contributed by atoms with Crippen molar-refractivity contribution in [2.75, 3.05) is 0 Å². The Hall–Kier alpha value is -0.570. The van der Waals surface area contributed by atoms with Crippen molar-refractivity contribution in [1.82, 2.24) is 5.32 Å². The van der Waals surface area contributed by atoms with Gasteiger partial charge in [-0.2, -0.15) is 0 Å². The Morgan fingerprint density at radius 3 is 2.67 bits per heavy atom. The highest BCUT2D eigenvalue weighted by atomic mass is 16.3. The Kier molecular flexibility index (Phi) is 4.14. The molecule has 0 aromatic heterocycles. The fourth-order valence-electron chi connectivity index (χ4n) is 2.15. The molecule has 15 heavy (non-hydrogen) atoms. The van der Waals surface area contributed by atoms with Gasteiger partial charge in [0.25, 0.3) is 5.91 Å². The highest BCUT2D eigenvalue weighted by Gasteiger charge is 2.28. The monoisotopic (exact) mass is 213 g/mol. The lowest BCUT2D eigenvalue weighted by Crippen LogP contribution is -2.48. The molecule has 1 rings (SSSR count). The minimum atomic E-state index is -1.25. The van der Waals surface area contributed by atoms with Crippen molar-refractivity contribution in [3.8, 4) is 0 Å². The Bertz CT molecular complexity index is 220. The molecule has 1 aliphatic carbocycles. The topological polar surface area (TPSA) is 49.3 Å². The first-order chi connectivity index (χ1) is 6.93. The summed E-state index contributed by atoms with van der Waals surface area (Å²) in [5, 5.41) is 12.5. The van der Waals surface area contributed by atoms with E-state index in [1.54, 1.807) is 0 Å². The van der Waals surface area contributed by atoms with Gasteiger partial charge in [0.15, 0.2) is 0 Å². The van der Waals surface area contributed by atoms with Crippen LogP contribution in [0.4, 0.5) is 0 Å². The van der Waals surface area contributed by atoms with E-state index in [9.17, 15) is 9.90 Å². The average molecular weight is 213 g/mol. The van der Waals surface area contributed by atoms with Crippen LogP contribution < -0.4 is 5.32 Å². The summed E-state index contributed by atoms with van der Waals surface area (Å²) in [5.74, 6) is 0.495. The third-order valence-corrected chi connectivity index (χ3v) is 3.25. The summed E-state index contributed by atoms with van der Waals surface area (Å²) in [6.07, 6.45) is 5.78. The molecule has 2 unspecified atom stereocenters. The first-order valence-corrected chi connectivity index (χ1v) is 5.96. The zero-order valence-corrected chi connectivity index (χ0v) is 10.0. The van der Waals surface area contributed by atoms with Gasteiger partial charge < -0.3 is 10.4 Å². The van der Waals surface area contributed by atoms with Crippen molar-refractivity contribution in [3.05, 3.63) is 0 Å². The molecule has 1 amide bonds. The van der Waals surface area contributed by atoms with E-state index >= 15 is 0 Å². The van der Waals surface area contributed by atoms with Crippen LogP contribution in [0.2, 0.25) is 0 Å². The molecule has 2 atom stereocenters. The molecule has 0 heterocycles. The van der Waals surface area contributed by atoms with E-state index in [2.05, 4.69) is 12.2 Å². The predicted molar refractivity (Wildman–Crippen MR) is 60.5 cm³/mol. The van der Waals surface area contributed by atoms with Crippen LogP contribution in [0.3, 0.4) is 0 Å². The minimum absolute atomic E-state index is 0.246. The third kappa shape index (κ3) is 3.82. The van der Waals surface area contributed by atoms with Crippen molar-refractivity contribution in [1.29, 1.82) is 0 Å². The lowest BCUT2D eigenvalue weighted by Gasteiger charge is -2.30. The van der Waals surface area contributed by atoms with Crippen LogP contribution in [-0.2, 0) is 4.79 Å². The third-order valence-electron chi connectivity index (χ3n) is 3.25. The normalized spacial score (nSPS) is 27.5. The Morgan fingerprint density at radius 2 is 2.13 bits per heavy atom. The highest BCUT2D eigenvalue weighted by molar-refractivity contribution is 5.84. The van der Waals surface area contributed by atoms with Crippen LogP contribution in [0.5, 0.6) is 0 Å². The van der Waals surface area contributed by atoms with Gasteiger partial charge in [0.05, 0.1) is 0 Å². The molecule has 0 aliphatic heterocycles. The first-order valence-electron chi connectivity index (χ1n) is 5.96. The number of hydrogen-bond donors (Lipinski definition) is 2.